The summed E-state index contributed by atoms with van der Waals surface area (Å²) >= 11 is 0. The summed E-state index contributed by atoms with van der Waals surface area (Å²) in [6, 6.07) is 3.83. The van der Waals surface area contributed by atoms with Gasteiger partial charge in [0.25, 0.3) is 0 Å². The van der Waals surface area contributed by atoms with Crippen LogP contribution in [0.3, 0.4) is 0 Å². The molecule has 0 unspecified atom stereocenters. The summed E-state index contributed by atoms with van der Waals surface area (Å²) in [6.45, 7) is 6.22. The number of pyridine rings is 1. The van der Waals surface area contributed by atoms with Crippen molar-refractivity contribution in [3.8, 4) is 0 Å². The molecule has 3 heterocycles. The number of nitrogens with one attached hydrogen (secondary N) is 1. The number of aryl methyl sites for hydroxylation is 1. The highest BCUT2D eigenvalue weighted by Crippen LogP contribution is 2.28. The number of carbonyl (C=O) groups excluding carboxylic acids is 1. The second-order valence-electron chi connectivity index (χ2n) is 8.02. The molecule has 0 bridgehead atoms. The number of esters is 1. The summed E-state index contributed by atoms with van der Waals surface area (Å²) in [6.07, 6.45) is 1.73. The third kappa shape index (κ3) is 6.14. The first-order chi connectivity index (χ1) is 15.8. The zero-order valence-corrected chi connectivity index (χ0v) is 20.1. The Morgan fingerprint density at radius 2 is 1.97 bits per heavy atom. The summed E-state index contributed by atoms with van der Waals surface area (Å²) < 4.78 is 12.7. The molecule has 11 nitrogen and oxygen atoms in total. The van der Waals surface area contributed by atoms with Crippen molar-refractivity contribution in [3.05, 3.63) is 29.6 Å². The molecular formula is C22H32N8O3. The van der Waals surface area contributed by atoms with Gasteiger partial charge in [0.05, 0.1) is 13.2 Å². The number of nitrogens with zero attached hydrogens (tertiary/aromatic N) is 7. The standard InChI is InChI=1S/C22H32N8O3/c1-7-32-12-11-30-19-17(18(27-30)21(31)33-13-10-28(3)4)25-22(29(5)6)26-20(19)24-16-14-15(2)8-9-23-16/h8-9,14H,7,10-13H2,1-6H3,(H,23,24,25,26). The zero-order valence-electron chi connectivity index (χ0n) is 20.1. The molecule has 33 heavy (non-hydrogen) atoms. The van der Waals surface area contributed by atoms with Crippen molar-refractivity contribution in [2.45, 2.75) is 20.4 Å². The Morgan fingerprint density at radius 3 is 2.64 bits per heavy atom. The lowest BCUT2D eigenvalue weighted by Crippen LogP contribution is -2.20. The van der Waals surface area contributed by atoms with E-state index in [1.165, 1.54) is 0 Å². The van der Waals surface area contributed by atoms with Gasteiger partial charge < -0.3 is 24.6 Å². The molecule has 0 saturated carbocycles. The van der Waals surface area contributed by atoms with E-state index >= 15 is 0 Å². The first kappa shape index (κ1) is 24.3. The number of hydrogen-bond acceptors (Lipinski definition) is 10. The maximum atomic E-state index is 12.9. The molecule has 0 fully saturated rings. The third-order valence-corrected chi connectivity index (χ3v) is 4.75. The predicted molar refractivity (Wildman–Crippen MR) is 127 cm³/mol. The lowest BCUT2D eigenvalue weighted by molar-refractivity contribution is 0.0475. The van der Waals surface area contributed by atoms with Gasteiger partial charge in [-0.15, -0.1) is 0 Å². The molecule has 0 aliphatic rings. The molecule has 0 aliphatic heterocycles. The Morgan fingerprint density at radius 1 is 1.18 bits per heavy atom. The lowest BCUT2D eigenvalue weighted by atomic mass is 10.3. The molecule has 178 valence electrons. The molecule has 3 aromatic heterocycles. The minimum absolute atomic E-state index is 0.144. The number of rotatable bonds is 11. The van der Waals surface area contributed by atoms with Crippen LogP contribution in [0, 0.1) is 6.92 Å². The van der Waals surface area contributed by atoms with Gasteiger partial charge in [-0.05, 0) is 45.6 Å². The van der Waals surface area contributed by atoms with Crippen molar-refractivity contribution in [3.63, 3.8) is 0 Å². The van der Waals surface area contributed by atoms with Gasteiger partial charge in [0.1, 0.15) is 23.5 Å². The fraction of sp³-hybridized carbons (Fsp3) is 0.500. The normalized spacial score (nSPS) is 11.2. The van der Waals surface area contributed by atoms with E-state index < -0.39 is 5.97 Å². The molecule has 0 aliphatic carbocycles. The molecule has 1 N–H and O–H groups in total. The third-order valence-electron chi connectivity index (χ3n) is 4.75. The smallest absolute Gasteiger partial charge is 0.361 e. The van der Waals surface area contributed by atoms with Crippen molar-refractivity contribution < 1.29 is 14.3 Å². The average molecular weight is 457 g/mol. The molecule has 0 radical (unpaired) electrons. The quantitative estimate of drug-likeness (QED) is 0.340. The molecule has 3 aromatic rings. The van der Waals surface area contributed by atoms with Gasteiger partial charge in [-0.2, -0.15) is 10.1 Å². The van der Waals surface area contributed by atoms with Crippen LogP contribution in [-0.4, -0.2) is 90.2 Å². The van der Waals surface area contributed by atoms with Crippen LogP contribution in [0.1, 0.15) is 23.0 Å². The molecule has 0 amide bonds. The van der Waals surface area contributed by atoms with E-state index in [-0.39, 0.29) is 12.3 Å². The highest BCUT2D eigenvalue weighted by molar-refractivity contribution is 6.03. The van der Waals surface area contributed by atoms with E-state index in [9.17, 15) is 4.79 Å². The van der Waals surface area contributed by atoms with Crippen LogP contribution in [-0.2, 0) is 16.0 Å². The van der Waals surface area contributed by atoms with Crippen LogP contribution in [0.15, 0.2) is 18.3 Å². The summed E-state index contributed by atoms with van der Waals surface area (Å²) in [7, 11) is 7.51. The van der Waals surface area contributed by atoms with E-state index in [1.54, 1.807) is 15.8 Å². The Bertz CT molecular complexity index is 1100. The van der Waals surface area contributed by atoms with E-state index in [4.69, 9.17) is 9.47 Å². The van der Waals surface area contributed by atoms with Gasteiger partial charge in [-0.1, -0.05) is 0 Å². The van der Waals surface area contributed by atoms with Gasteiger partial charge in [-0.25, -0.2) is 14.8 Å². The Hall–Kier alpha value is -3.31. The maximum Gasteiger partial charge on any atom is 0.361 e. The Kier molecular flexibility index (Phi) is 8.12. The van der Waals surface area contributed by atoms with E-state index in [0.717, 1.165) is 5.56 Å². The monoisotopic (exact) mass is 456 g/mol. The lowest BCUT2D eigenvalue weighted by Gasteiger charge is -2.14. The number of fused-ring (bicyclic) bond motifs is 1. The van der Waals surface area contributed by atoms with Crippen LogP contribution in [0.2, 0.25) is 0 Å². The number of likely N-dealkylation sites (N-methyl/N-ethyl adjacent to an activating group) is 1. The second kappa shape index (κ2) is 11.0. The molecule has 0 aromatic carbocycles. The van der Waals surface area contributed by atoms with Gasteiger partial charge in [0.2, 0.25) is 5.95 Å². The van der Waals surface area contributed by atoms with Gasteiger partial charge in [0.15, 0.2) is 11.5 Å². The van der Waals surface area contributed by atoms with E-state index in [2.05, 4.69) is 25.4 Å². The first-order valence-electron chi connectivity index (χ1n) is 10.8. The molecule has 0 atom stereocenters. The van der Waals surface area contributed by atoms with Crippen molar-refractivity contribution in [1.82, 2.24) is 29.6 Å². The molecular weight excluding hydrogens is 424 g/mol. The Balaban J connectivity index is 2.10. The minimum Gasteiger partial charge on any atom is -0.459 e. The number of carbonyl (C=O) groups is 1. The van der Waals surface area contributed by atoms with Gasteiger partial charge >= 0.3 is 5.97 Å². The highest BCUT2D eigenvalue weighted by Gasteiger charge is 2.25. The molecule has 0 spiro atoms. The number of anilines is 3. The van der Waals surface area contributed by atoms with Crippen molar-refractivity contribution >= 4 is 34.6 Å². The molecule has 3 rings (SSSR count). The summed E-state index contributed by atoms with van der Waals surface area (Å²) in [4.78, 5) is 30.3. The van der Waals surface area contributed by atoms with Crippen molar-refractivity contribution in [1.29, 1.82) is 0 Å². The zero-order chi connectivity index (χ0) is 24.0. The van der Waals surface area contributed by atoms with Gasteiger partial charge in [0, 0.05) is 33.4 Å². The summed E-state index contributed by atoms with van der Waals surface area (Å²) in [5, 5.41) is 7.82. The van der Waals surface area contributed by atoms with E-state index in [1.807, 2.05) is 59.1 Å². The minimum atomic E-state index is -0.528. The number of aromatic nitrogens is 5. The Labute approximate surface area is 193 Å². The fourth-order valence-electron chi connectivity index (χ4n) is 3.07. The van der Waals surface area contributed by atoms with Crippen LogP contribution < -0.4 is 10.2 Å². The summed E-state index contributed by atoms with van der Waals surface area (Å²) in [5.41, 5.74) is 2.20. The number of ether oxygens (including phenoxy) is 2. The van der Waals surface area contributed by atoms with E-state index in [0.29, 0.717) is 54.9 Å². The largest absolute Gasteiger partial charge is 0.459 e. The molecule has 11 heteroatoms. The predicted octanol–water partition coefficient (Wildman–Crippen LogP) is 2.09. The highest BCUT2D eigenvalue weighted by atomic mass is 16.5. The number of hydrogen-bond donors (Lipinski definition) is 1. The van der Waals surface area contributed by atoms with Crippen LogP contribution in [0.5, 0.6) is 0 Å². The molecule has 0 saturated heterocycles. The second-order valence-corrected chi connectivity index (χ2v) is 8.02. The fourth-order valence-corrected chi connectivity index (χ4v) is 3.07. The summed E-state index contributed by atoms with van der Waals surface area (Å²) in [5.74, 6) is 1.04. The van der Waals surface area contributed by atoms with Crippen molar-refractivity contribution in [2.75, 3.05) is 64.8 Å². The van der Waals surface area contributed by atoms with Crippen molar-refractivity contribution in [2.24, 2.45) is 0 Å². The van der Waals surface area contributed by atoms with Crippen LogP contribution >= 0.6 is 0 Å². The van der Waals surface area contributed by atoms with Crippen LogP contribution in [0.25, 0.3) is 11.0 Å². The maximum absolute atomic E-state index is 12.9. The average Bonchev–Trinajstić information content (AvgIpc) is 3.12. The van der Waals surface area contributed by atoms with Gasteiger partial charge in [-0.3, -0.25) is 4.68 Å². The SMILES string of the molecule is CCOCCn1nc(C(=O)OCCN(C)C)c2nc(N(C)C)nc(Nc3cc(C)ccn3)c21. The topological polar surface area (TPSA) is 111 Å². The van der Waals surface area contributed by atoms with Crippen LogP contribution in [0.4, 0.5) is 17.6 Å². The first-order valence-corrected chi connectivity index (χ1v) is 10.8.